The highest BCUT2D eigenvalue weighted by Gasteiger charge is 2.35. The number of carbonyl (C=O) groups is 2. The molecule has 0 aliphatic heterocycles. The Morgan fingerprint density at radius 1 is 0.829 bits per heavy atom. The zero-order chi connectivity index (χ0) is 25.0. The first-order valence-corrected chi connectivity index (χ1v) is 10.4. The summed E-state index contributed by atoms with van der Waals surface area (Å²) in [6.07, 6.45) is -3.29. The highest BCUT2D eigenvalue weighted by atomic mass is 19.4. The molecular weight excluding hydrogens is 461 g/mol. The minimum Gasteiger partial charge on any atom is -0.496 e. The normalized spacial score (nSPS) is 11.1. The average Bonchev–Trinajstić information content (AvgIpc) is 3.32. The first-order valence-electron chi connectivity index (χ1n) is 10.4. The van der Waals surface area contributed by atoms with Crippen molar-refractivity contribution in [2.45, 2.75) is 6.18 Å². The van der Waals surface area contributed by atoms with Crippen LogP contribution in [-0.4, -0.2) is 18.9 Å². The van der Waals surface area contributed by atoms with Crippen molar-refractivity contribution < 1.29 is 31.9 Å². The van der Waals surface area contributed by atoms with Gasteiger partial charge in [-0.2, -0.15) is 13.2 Å². The van der Waals surface area contributed by atoms with Crippen molar-refractivity contribution in [3.05, 3.63) is 102 Å². The van der Waals surface area contributed by atoms with Gasteiger partial charge in [0.2, 0.25) is 5.76 Å². The summed E-state index contributed by atoms with van der Waals surface area (Å²) in [5.41, 5.74) is 5.62. The van der Waals surface area contributed by atoms with Crippen LogP contribution >= 0.6 is 0 Å². The number of furan rings is 1. The molecule has 178 valence electrons. The lowest BCUT2D eigenvalue weighted by atomic mass is 9.96. The van der Waals surface area contributed by atoms with E-state index in [1.807, 2.05) is 60.7 Å². The van der Waals surface area contributed by atoms with Crippen LogP contribution in [-0.2, 0) is 6.18 Å². The summed E-state index contributed by atoms with van der Waals surface area (Å²) in [6, 6.07) is 21.2. The number of alkyl halides is 3. The van der Waals surface area contributed by atoms with Crippen molar-refractivity contribution in [3.63, 3.8) is 0 Å². The summed E-state index contributed by atoms with van der Waals surface area (Å²) in [5.74, 6) is -2.21. The number of hydrogen-bond acceptors (Lipinski definition) is 4. The summed E-state index contributed by atoms with van der Waals surface area (Å²) < 4.78 is 50.1. The smallest absolute Gasteiger partial charge is 0.419 e. The van der Waals surface area contributed by atoms with Crippen molar-refractivity contribution in [2.24, 2.45) is 0 Å². The second-order valence-electron chi connectivity index (χ2n) is 7.41. The van der Waals surface area contributed by atoms with Crippen molar-refractivity contribution in [3.8, 4) is 28.0 Å². The highest BCUT2D eigenvalue weighted by molar-refractivity contribution is 6.04. The molecule has 0 atom stereocenters. The minimum atomic E-state index is -4.72. The fourth-order valence-electron chi connectivity index (χ4n) is 3.56. The Morgan fingerprint density at radius 2 is 1.43 bits per heavy atom. The number of amides is 2. The van der Waals surface area contributed by atoms with Gasteiger partial charge >= 0.3 is 12.1 Å². The Bertz CT molecular complexity index is 1350. The Kier molecular flexibility index (Phi) is 6.59. The van der Waals surface area contributed by atoms with Gasteiger partial charge in [-0.25, -0.2) is 0 Å². The highest BCUT2D eigenvalue weighted by Crippen LogP contribution is 2.37. The van der Waals surface area contributed by atoms with E-state index in [-0.39, 0.29) is 11.3 Å². The summed E-state index contributed by atoms with van der Waals surface area (Å²) in [6.45, 7) is 0. The lowest BCUT2D eigenvalue weighted by Crippen LogP contribution is -2.41. The Balaban J connectivity index is 1.60. The molecule has 0 aliphatic rings. The Hall–Kier alpha value is -4.53. The van der Waals surface area contributed by atoms with Crippen LogP contribution < -0.4 is 15.6 Å². The maximum Gasteiger partial charge on any atom is 0.419 e. The van der Waals surface area contributed by atoms with Gasteiger partial charge in [0.05, 0.1) is 18.9 Å². The predicted octanol–water partition coefficient (Wildman–Crippen LogP) is 5.72. The van der Waals surface area contributed by atoms with Gasteiger partial charge in [0, 0.05) is 16.7 Å². The number of methoxy groups -OCH3 is 1. The molecule has 0 saturated heterocycles. The second kappa shape index (κ2) is 9.76. The molecule has 6 nitrogen and oxygen atoms in total. The first kappa shape index (κ1) is 23.6. The third-order valence-electron chi connectivity index (χ3n) is 5.20. The van der Waals surface area contributed by atoms with Crippen LogP contribution in [0.5, 0.6) is 5.75 Å². The van der Waals surface area contributed by atoms with E-state index in [1.54, 1.807) is 0 Å². The number of benzene rings is 3. The lowest BCUT2D eigenvalue weighted by Gasteiger charge is -2.13. The van der Waals surface area contributed by atoms with Gasteiger partial charge in [0.1, 0.15) is 5.75 Å². The third kappa shape index (κ3) is 5.03. The fraction of sp³-hybridized carbons (Fsp3) is 0.0769. The second-order valence-corrected chi connectivity index (χ2v) is 7.41. The van der Waals surface area contributed by atoms with Crippen molar-refractivity contribution >= 4 is 11.8 Å². The number of halogens is 3. The molecule has 0 bridgehead atoms. The van der Waals surface area contributed by atoms with E-state index in [2.05, 4.69) is 10.9 Å². The number of carbonyl (C=O) groups excluding carboxylic acids is 2. The lowest BCUT2D eigenvalue weighted by molar-refractivity contribution is -0.138. The number of hydrazine groups is 1. The largest absolute Gasteiger partial charge is 0.496 e. The monoisotopic (exact) mass is 480 g/mol. The van der Waals surface area contributed by atoms with Crippen LogP contribution in [0.25, 0.3) is 22.3 Å². The van der Waals surface area contributed by atoms with Crippen LogP contribution in [0.15, 0.2) is 89.5 Å². The molecule has 0 unspecified atom stereocenters. The van der Waals surface area contributed by atoms with Gasteiger partial charge in [0.25, 0.3) is 5.91 Å². The molecule has 4 rings (SSSR count). The SMILES string of the molecule is COc1ccc(C(=O)NNC(=O)c2occ(-c3ccccc3)c2-c2ccccc2)cc1C(F)(F)F. The van der Waals surface area contributed by atoms with Crippen molar-refractivity contribution in [1.82, 2.24) is 10.9 Å². The van der Waals surface area contributed by atoms with Crippen LogP contribution in [0.3, 0.4) is 0 Å². The van der Waals surface area contributed by atoms with Crippen LogP contribution in [0, 0.1) is 0 Å². The van der Waals surface area contributed by atoms with Gasteiger partial charge in [-0.05, 0) is 29.3 Å². The minimum absolute atomic E-state index is 0.0685. The number of ether oxygens (including phenoxy) is 1. The summed E-state index contributed by atoms with van der Waals surface area (Å²) in [7, 11) is 1.10. The van der Waals surface area contributed by atoms with Gasteiger partial charge in [-0.1, -0.05) is 60.7 Å². The maximum atomic E-state index is 13.3. The molecule has 9 heteroatoms. The topological polar surface area (TPSA) is 80.6 Å². The molecule has 2 N–H and O–H groups in total. The molecule has 1 heterocycles. The Morgan fingerprint density at radius 3 is 2.03 bits per heavy atom. The summed E-state index contributed by atoms with van der Waals surface area (Å²) in [5, 5.41) is 0. The van der Waals surface area contributed by atoms with E-state index in [9.17, 15) is 22.8 Å². The standard InChI is InChI=1S/C26H19F3N2O4/c1-34-21-13-12-18(14-20(21)26(27,28)29)24(32)30-31-25(33)23-22(17-10-6-3-7-11-17)19(15-35-23)16-8-4-2-5-9-16/h2-15H,1H3,(H,30,32)(H,31,33). The molecule has 1 aromatic heterocycles. The zero-order valence-corrected chi connectivity index (χ0v) is 18.3. The van der Waals surface area contributed by atoms with Gasteiger partial charge in [-0.15, -0.1) is 0 Å². The predicted molar refractivity (Wildman–Crippen MR) is 123 cm³/mol. The number of rotatable bonds is 5. The molecule has 0 fully saturated rings. The fourth-order valence-corrected chi connectivity index (χ4v) is 3.56. The van der Waals surface area contributed by atoms with Crippen LogP contribution in [0.1, 0.15) is 26.5 Å². The third-order valence-corrected chi connectivity index (χ3v) is 5.20. The molecule has 0 spiro atoms. The quantitative estimate of drug-likeness (QED) is 0.358. The van der Waals surface area contributed by atoms with Crippen molar-refractivity contribution in [1.29, 1.82) is 0 Å². The number of nitrogens with one attached hydrogen (secondary N) is 2. The summed E-state index contributed by atoms with van der Waals surface area (Å²) in [4.78, 5) is 25.4. The van der Waals surface area contributed by atoms with Gasteiger partial charge in [0.15, 0.2) is 0 Å². The molecule has 3 aromatic carbocycles. The molecule has 35 heavy (non-hydrogen) atoms. The molecule has 0 radical (unpaired) electrons. The van der Waals surface area contributed by atoms with Gasteiger partial charge < -0.3 is 9.15 Å². The van der Waals surface area contributed by atoms with Crippen molar-refractivity contribution in [2.75, 3.05) is 7.11 Å². The average molecular weight is 480 g/mol. The molecule has 0 aliphatic carbocycles. The molecule has 2 amide bonds. The van der Waals surface area contributed by atoms with E-state index in [0.29, 0.717) is 22.8 Å². The maximum absolute atomic E-state index is 13.3. The molecule has 0 saturated carbocycles. The number of hydrogen-bond donors (Lipinski definition) is 2. The van der Waals surface area contributed by atoms with Crippen LogP contribution in [0.4, 0.5) is 13.2 Å². The molecular formula is C26H19F3N2O4. The van der Waals surface area contributed by atoms with E-state index in [4.69, 9.17) is 9.15 Å². The Labute approximate surface area is 198 Å². The van der Waals surface area contributed by atoms with Gasteiger partial charge in [-0.3, -0.25) is 20.4 Å². The van der Waals surface area contributed by atoms with Crippen LogP contribution in [0.2, 0.25) is 0 Å². The molecule has 4 aromatic rings. The zero-order valence-electron chi connectivity index (χ0n) is 18.3. The first-order chi connectivity index (χ1) is 16.8. The van der Waals surface area contributed by atoms with E-state index < -0.39 is 29.3 Å². The van der Waals surface area contributed by atoms with E-state index >= 15 is 0 Å². The van der Waals surface area contributed by atoms with E-state index in [0.717, 1.165) is 24.8 Å². The van der Waals surface area contributed by atoms with E-state index in [1.165, 1.54) is 6.26 Å². The summed E-state index contributed by atoms with van der Waals surface area (Å²) >= 11 is 0.